The van der Waals surface area contributed by atoms with E-state index >= 15 is 0 Å². The van der Waals surface area contributed by atoms with E-state index in [1.54, 1.807) is 11.8 Å². The molecule has 25 heavy (non-hydrogen) atoms. The van der Waals surface area contributed by atoms with Crippen LogP contribution in [0.5, 0.6) is 0 Å². The maximum absolute atomic E-state index is 12.8. The first-order chi connectivity index (χ1) is 12.1. The molecule has 1 aromatic heterocycles. The fraction of sp³-hybridized carbons (Fsp3) is 0.500. The Morgan fingerprint density at radius 1 is 1.36 bits per heavy atom. The topological polar surface area (TPSA) is 49.0 Å². The molecule has 0 aliphatic carbocycles. The van der Waals surface area contributed by atoms with Gasteiger partial charge in [-0.3, -0.25) is 14.8 Å². The van der Waals surface area contributed by atoms with Crippen LogP contribution in [-0.2, 0) is 6.54 Å². The third kappa shape index (κ3) is 4.53. The zero-order valence-corrected chi connectivity index (χ0v) is 16.1. The standard InChI is InChI=1S/C20H27N3OS/c1-14(2)19-11-17(21-22-19)13-23-10-4-5-16(12-23)20(24)15-6-8-18(25-3)9-7-15/h6-9,11,14,16H,4-5,10,12-13H2,1-3H3,(H,21,22)/t16-/m0/s1. The molecule has 2 aromatic rings. The molecule has 0 amide bonds. The Kier molecular flexibility index (Phi) is 5.97. The van der Waals surface area contributed by atoms with Crippen LogP contribution in [0.15, 0.2) is 35.2 Å². The summed E-state index contributed by atoms with van der Waals surface area (Å²) in [6, 6.07) is 10.2. The molecule has 1 saturated heterocycles. The minimum absolute atomic E-state index is 0.0985. The summed E-state index contributed by atoms with van der Waals surface area (Å²) in [7, 11) is 0. The second-order valence-electron chi connectivity index (χ2n) is 7.14. The molecule has 4 nitrogen and oxygen atoms in total. The monoisotopic (exact) mass is 357 g/mol. The van der Waals surface area contributed by atoms with E-state index in [1.165, 1.54) is 4.90 Å². The molecule has 1 aliphatic rings. The van der Waals surface area contributed by atoms with Crippen LogP contribution >= 0.6 is 11.8 Å². The molecule has 0 bridgehead atoms. The number of thioether (sulfide) groups is 1. The maximum atomic E-state index is 12.8. The summed E-state index contributed by atoms with van der Waals surface area (Å²) in [5, 5.41) is 7.52. The van der Waals surface area contributed by atoms with Gasteiger partial charge in [0.15, 0.2) is 5.78 Å². The van der Waals surface area contributed by atoms with Gasteiger partial charge in [0, 0.05) is 35.2 Å². The number of carbonyl (C=O) groups is 1. The van der Waals surface area contributed by atoms with E-state index in [0.717, 1.165) is 49.4 Å². The van der Waals surface area contributed by atoms with Crippen molar-refractivity contribution in [3.63, 3.8) is 0 Å². The maximum Gasteiger partial charge on any atom is 0.167 e. The van der Waals surface area contributed by atoms with Crippen LogP contribution in [0.3, 0.4) is 0 Å². The van der Waals surface area contributed by atoms with Gasteiger partial charge in [0.05, 0.1) is 5.69 Å². The zero-order chi connectivity index (χ0) is 17.8. The van der Waals surface area contributed by atoms with E-state index in [-0.39, 0.29) is 11.7 Å². The van der Waals surface area contributed by atoms with Gasteiger partial charge in [-0.05, 0) is 49.8 Å². The number of benzene rings is 1. The number of nitrogens with one attached hydrogen (secondary N) is 1. The third-order valence-corrected chi connectivity index (χ3v) is 5.63. The van der Waals surface area contributed by atoms with Gasteiger partial charge >= 0.3 is 0 Å². The summed E-state index contributed by atoms with van der Waals surface area (Å²) in [6.45, 7) is 7.02. The van der Waals surface area contributed by atoms with Gasteiger partial charge in [-0.15, -0.1) is 11.8 Å². The van der Waals surface area contributed by atoms with Crippen molar-refractivity contribution in [2.45, 2.75) is 44.0 Å². The fourth-order valence-electron chi connectivity index (χ4n) is 3.40. The van der Waals surface area contributed by atoms with E-state index in [0.29, 0.717) is 5.92 Å². The Balaban J connectivity index is 1.62. The number of hydrogen-bond donors (Lipinski definition) is 1. The van der Waals surface area contributed by atoms with Crippen molar-refractivity contribution >= 4 is 17.5 Å². The fourth-order valence-corrected chi connectivity index (χ4v) is 3.81. The van der Waals surface area contributed by atoms with Crippen LogP contribution in [0.1, 0.15) is 54.4 Å². The lowest BCUT2D eigenvalue weighted by atomic mass is 9.90. The molecule has 2 heterocycles. The number of Topliss-reactive ketones (excluding diaryl/α,β-unsaturated/α-hetero) is 1. The molecule has 1 atom stereocenters. The molecule has 0 radical (unpaired) electrons. The highest BCUT2D eigenvalue weighted by atomic mass is 32.2. The normalized spacial score (nSPS) is 18.6. The average Bonchev–Trinajstić information content (AvgIpc) is 3.10. The summed E-state index contributed by atoms with van der Waals surface area (Å²) in [5.74, 6) is 0.816. The van der Waals surface area contributed by atoms with Crippen LogP contribution < -0.4 is 0 Å². The smallest absolute Gasteiger partial charge is 0.167 e. The van der Waals surface area contributed by atoms with E-state index in [9.17, 15) is 4.79 Å². The molecule has 1 aromatic carbocycles. The zero-order valence-electron chi connectivity index (χ0n) is 15.3. The number of hydrogen-bond acceptors (Lipinski definition) is 4. The van der Waals surface area contributed by atoms with Crippen molar-refractivity contribution in [2.75, 3.05) is 19.3 Å². The van der Waals surface area contributed by atoms with Crippen molar-refractivity contribution in [1.82, 2.24) is 15.1 Å². The Bertz CT molecular complexity index is 708. The Labute approximate surface area is 154 Å². The van der Waals surface area contributed by atoms with Crippen molar-refractivity contribution in [2.24, 2.45) is 5.92 Å². The van der Waals surface area contributed by atoms with Crippen molar-refractivity contribution in [3.8, 4) is 0 Å². The van der Waals surface area contributed by atoms with E-state index in [2.05, 4.69) is 41.3 Å². The number of rotatable bonds is 6. The highest BCUT2D eigenvalue weighted by molar-refractivity contribution is 7.98. The third-order valence-electron chi connectivity index (χ3n) is 4.89. The molecular formula is C20H27N3OS. The van der Waals surface area contributed by atoms with Gasteiger partial charge in [0.25, 0.3) is 0 Å². The summed E-state index contributed by atoms with van der Waals surface area (Å²) >= 11 is 1.70. The first-order valence-electron chi connectivity index (χ1n) is 9.01. The molecule has 1 N–H and O–H groups in total. The lowest BCUT2D eigenvalue weighted by Crippen LogP contribution is -2.38. The van der Waals surface area contributed by atoms with Gasteiger partial charge in [-0.1, -0.05) is 26.0 Å². The number of likely N-dealkylation sites (tertiary alicyclic amines) is 1. The molecule has 0 unspecified atom stereocenters. The van der Waals surface area contributed by atoms with E-state index in [1.807, 2.05) is 24.3 Å². The van der Waals surface area contributed by atoms with Gasteiger partial charge < -0.3 is 0 Å². The minimum Gasteiger partial charge on any atom is -0.297 e. The Morgan fingerprint density at radius 3 is 2.76 bits per heavy atom. The lowest BCUT2D eigenvalue weighted by Gasteiger charge is -2.31. The van der Waals surface area contributed by atoms with Crippen LogP contribution in [0.2, 0.25) is 0 Å². The molecule has 1 fully saturated rings. The second-order valence-corrected chi connectivity index (χ2v) is 8.02. The number of nitrogens with zero attached hydrogens (tertiary/aromatic N) is 2. The lowest BCUT2D eigenvalue weighted by molar-refractivity contribution is 0.0810. The van der Waals surface area contributed by atoms with Crippen LogP contribution in [0.4, 0.5) is 0 Å². The quantitative estimate of drug-likeness (QED) is 0.617. The van der Waals surface area contributed by atoms with Gasteiger partial charge in [-0.25, -0.2) is 0 Å². The molecule has 5 heteroatoms. The molecule has 0 saturated carbocycles. The number of ketones is 1. The Hall–Kier alpha value is -1.59. The van der Waals surface area contributed by atoms with Crippen LogP contribution in [0, 0.1) is 5.92 Å². The predicted molar refractivity (Wildman–Crippen MR) is 103 cm³/mol. The molecule has 134 valence electrons. The minimum atomic E-state index is 0.0985. The number of piperidine rings is 1. The number of aromatic nitrogens is 2. The first kappa shape index (κ1) is 18.2. The van der Waals surface area contributed by atoms with Crippen LogP contribution in [-0.4, -0.2) is 40.2 Å². The van der Waals surface area contributed by atoms with Gasteiger partial charge in [-0.2, -0.15) is 5.10 Å². The van der Waals surface area contributed by atoms with Crippen molar-refractivity contribution < 1.29 is 4.79 Å². The number of aromatic amines is 1. The summed E-state index contributed by atoms with van der Waals surface area (Å²) < 4.78 is 0. The van der Waals surface area contributed by atoms with E-state index < -0.39 is 0 Å². The largest absolute Gasteiger partial charge is 0.297 e. The van der Waals surface area contributed by atoms with E-state index in [4.69, 9.17) is 0 Å². The number of H-pyrrole nitrogens is 1. The first-order valence-corrected chi connectivity index (χ1v) is 10.2. The van der Waals surface area contributed by atoms with Crippen molar-refractivity contribution in [1.29, 1.82) is 0 Å². The summed E-state index contributed by atoms with van der Waals surface area (Å²) in [4.78, 5) is 16.4. The highest BCUT2D eigenvalue weighted by Crippen LogP contribution is 2.24. The van der Waals surface area contributed by atoms with Crippen molar-refractivity contribution in [3.05, 3.63) is 47.3 Å². The molecular weight excluding hydrogens is 330 g/mol. The van der Waals surface area contributed by atoms with Crippen LogP contribution in [0.25, 0.3) is 0 Å². The predicted octanol–water partition coefficient (Wildman–Crippen LogP) is 4.35. The molecule has 3 rings (SSSR count). The average molecular weight is 358 g/mol. The molecule has 1 aliphatic heterocycles. The summed E-state index contributed by atoms with van der Waals surface area (Å²) in [6.07, 6.45) is 4.11. The molecule has 0 spiro atoms. The SMILES string of the molecule is CSc1ccc(C(=O)[C@H]2CCCN(Cc3cc(C(C)C)n[nH]3)C2)cc1. The number of carbonyl (C=O) groups excluding carboxylic acids is 1. The van der Waals surface area contributed by atoms with Gasteiger partial charge in [0.1, 0.15) is 0 Å². The summed E-state index contributed by atoms with van der Waals surface area (Å²) in [5.41, 5.74) is 3.09. The second kappa shape index (κ2) is 8.19. The Morgan fingerprint density at radius 2 is 2.12 bits per heavy atom. The highest BCUT2D eigenvalue weighted by Gasteiger charge is 2.27. The van der Waals surface area contributed by atoms with Gasteiger partial charge in [0.2, 0.25) is 0 Å².